The number of benzene rings is 1. The Kier molecular flexibility index (Phi) is 8.01. The van der Waals surface area contributed by atoms with Gasteiger partial charge in [-0.25, -0.2) is 0 Å². The van der Waals surface area contributed by atoms with Gasteiger partial charge in [0.1, 0.15) is 0 Å². The van der Waals surface area contributed by atoms with E-state index in [1.807, 2.05) is 18.2 Å². The zero-order chi connectivity index (χ0) is 17.2. The molecule has 1 saturated heterocycles. The van der Waals surface area contributed by atoms with Gasteiger partial charge in [-0.3, -0.25) is 14.6 Å². The Bertz CT molecular complexity index is 475. The van der Waals surface area contributed by atoms with Gasteiger partial charge < -0.3 is 15.3 Å². The molecule has 0 spiro atoms. The molecule has 134 valence electrons. The second-order valence-corrected chi connectivity index (χ2v) is 6.30. The second kappa shape index (κ2) is 10.3. The van der Waals surface area contributed by atoms with E-state index >= 15 is 0 Å². The van der Waals surface area contributed by atoms with Crippen LogP contribution in [0.3, 0.4) is 0 Å². The molecule has 1 aliphatic rings. The van der Waals surface area contributed by atoms with Crippen molar-refractivity contribution in [3.8, 4) is 0 Å². The number of rotatable bonds is 9. The van der Waals surface area contributed by atoms with E-state index in [0.29, 0.717) is 13.1 Å². The van der Waals surface area contributed by atoms with Crippen LogP contribution in [0.1, 0.15) is 6.42 Å². The first-order valence-corrected chi connectivity index (χ1v) is 8.77. The van der Waals surface area contributed by atoms with Crippen molar-refractivity contribution < 1.29 is 9.90 Å². The summed E-state index contributed by atoms with van der Waals surface area (Å²) >= 11 is 0. The molecule has 1 heterocycles. The van der Waals surface area contributed by atoms with E-state index in [1.165, 1.54) is 5.69 Å². The molecule has 2 N–H and O–H groups in total. The molecule has 0 saturated carbocycles. The number of nitrogens with one attached hydrogen (secondary N) is 1. The lowest BCUT2D eigenvalue weighted by Gasteiger charge is -2.33. The van der Waals surface area contributed by atoms with Crippen molar-refractivity contribution >= 4 is 11.6 Å². The Morgan fingerprint density at radius 3 is 2.50 bits per heavy atom. The molecular weight excluding hydrogens is 304 g/mol. The fourth-order valence-corrected chi connectivity index (χ4v) is 2.93. The topological polar surface area (TPSA) is 59.1 Å². The van der Waals surface area contributed by atoms with Gasteiger partial charge in [0, 0.05) is 58.5 Å². The smallest absolute Gasteiger partial charge is 0.234 e. The molecule has 0 atom stereocenters. The molecule has 0 unspecified atom stereocenters. The highest BCUT2D eigenvalue weighted by Gasteiger charge is 2.18. The molecule has 1 aromatic carbocycles. The lowest BCUT2D eigenvalue weighted by Crippen LogP contribution is -2.50. The lowest BCUT2D eigenvalue weighted by atomic mass is 10.3. The summed E-state index contributed by atoms with van der Waals surface area (Å²) in [5, 5.41) is 12.0. The van der Waals surface area contributed by atoms with Crippen molar-refractivity contribution in [2.45, 2.75) is 6.42 Å². The van der Waals surface area contributed by atoms with Gasteiger partial charge in [0.05, 0.1) is 13.2 Å². The van der Waals surface area contributed by atoms with Crippen LogP contribution in [0, 0.1) is 0 Å². The number of nitrogens with zero attached hydrogens (tertiary/aromatic N) is 3. The average Bonchev–Trinajstić information content (AvgIpc) is 2.61. The van der Waals surface area contributed by atoms with E-state index in [-0.39, 0.29) is 12.5 Å². The molecule has 0 aliphatic carbocycles. The number of β-amino-alcohol motifs (C(OH)–C–C–N with tert-alkyl or cyclic N) is 1. The highest BCUT2D eigenvalue weighted by molar-refractivity contribution is 5.78. The maximum absolute atomic E-state index is 12.0. The van der Waals surface area contributed by atoms with Crippen LogP contribution in [0.15, 0.2) is 30.3 Å². The zero-order valence-electron chi connectivity index (χ0n) is 14.7. The van der Waals surface area contributed by atoms with Gasteiger partial charge in [-0.05, 0) is 18.6 Å². The molecule has 1 aliphatic heterocycles. The van der Waals surface area contributed by atoms with Crippen LogP contribution in [0.4, 0.5) is 5.69 Å². The molecule has 24 heavy (non-hydrogen) atoms. The Balaban J connectivity index is 1.55. The summed E-state index contributed by atoms with van der Waals surface area (Å²) in [6.07, 6.45) is 0.932. The van der Waals surface area contributed by atoms with Gasteiger partial charge in [-0.15, -0.1) is 0 Å². The molecule has 6 nitrogen and oxygen atoms in total. The molecule has 0 aromatic heterocycles. The highest BCUT2D eigenvalue weighted by atomic mass is 16.3. The van der Waals surface area contributed by atoms with Crippen LogP contribution >= 0.6 is 0 Å². The molecule has 1 amide bonds. The molecular formula is C18H30N4O2. The number of aliphatic hydroxyl groups excluding tert-OH is 1. The van der Waals surface area contributed by atoms with E-state index in [4.69, 9.17) is 5.11 Å². The van der Waals surface area contributed by atoms with Crippen molar-refractivity contribution in [3.63, 3.8) is 0 Å². The first-order valence-electron chi connectivity index (χ1n) is 8.77. The largest absolute Gasteiger partial charge is 0.395 e. The predicted molar refractivity (Wildman–Crippen MR) is 97.3 cm³/mol. The van der Waals surface area contributed by atoms with Crippen LogP contribution in [-0.4, -0.2) is 86.8 Å². The van der Waals surface area contributed by atoms with Crippen LogP contribution in [0.5, 0.6) is 0 Å². The minimum absolute atomic E-state index is 0.105. The Morgan fingerprint density at radius 1 is 1.17 bits per heavy atom. The molecule has 1 fully saturated rings. The molecule has 0 bridgehead atoms. The number of piperazine rings is 1. The minimum atomic E-state index is 0.105. The van der Waals surface area contributed by atoms with Crippen LogP contribution in [0.25, 0.3) is 0 Å². The maximum atomic E-state index is 12.0. The number of aliphatic hydroxyl groups is 1. The highest BCUT2D eigenvalue weighted by Crippen LogP contribution is 2.10. The van der Waals surface area contributed by atoms with Crippen LogP contribution < -0.4 is 10.2 Å². The number of carbonyl (C=O) groups excluding carboxylic acids is 1. The van der Waals surface area contributed by atoms with Crippen LogP contribution in [-0.2, 0) is 4.79 Å². The zero-order valence-corrected chi connectivity index (χ0v) is 14.7. The van der Waals surface area contributed by atoms with E-state index < -0.39 is 0 Å². The van der Waals surface area contributed by atoms with E-state index in [2.05, 4.69) is 39.2 Å². The Labute approximate surface area is 145 Å². The quantitative estimate of drug-likeness (QED) is 0.634. The third kappa shape index (κ3) is 6.47. The summed E-state index contributed by atoms with van der Waals surface area (Å²) in [4.78, 5) is 18.6. The third-order valence-electron chi connectivity index (χ3n) is 4.44. The number of anilines is 1. The Hall–Kier alpha value is -1.63. The normalized spacial score (nSPS) is 16.1. The standard InChI is InChI=1S/C18H30N4O2/c1-20(17-6-3-2-4-7-17)9-5-8-19-18(24)16-22-12-10-21(11-13-22)14-15-23/h2-4,6-7,23H,5,8-16H2,1H3,(H,19,24). The van der Waals surface area contributed by atoms with E-state index in [0.717, 1.165) is 45.7 Å². The number of para-hydroxylation sites is 1. The first kappa shape index (κ1) is 18.7. The fourth-order valence-electron chi connectivity index (χ4n) is 2.93. The first-order chi connectivity index (χ1) is 11.7. The summed E-state index contributed by atoms with van der Waals surface area (Å²) < 4.78 is 0. The number of hydrogen-bond acceptors (Lipinski definition) is 5. The maximum Gasteiger partial charge on any atom is 0.234 e. The van der Waals surface area contributed by atoms with Gasteiger partial charge in [0.25, 0.3) is 0 Å². The van der Waals surface area contributed by atoms with Gasteiger partial charge >= 0.3 is 0 Å². The van der Waals surface area contributed by atoms with Crippen molar-refractivity contribution in [1.82, 2.24) is 15.1 Å². The summed E-state index contributed by atoms with van der Waals surface area (Å²) in [6.45, 7) is 6.68. The Morgan fingerprint density at radius 2 is 1.83 bits per heavy atom. The molecule has 0 radical (unpaired) electrons. The van der Waals surface area contributed by atoms with Crippen molar-refractivity contribution in [1.29, 1.82) is 0 Å². The second-order valence-electron chi connectivity index (χ2n) is 6.30. The summed E-state index contributed by atoms with van der Waals surface area (Å²) in [5.41, 5.74) is 1.20. The van der Waals surface area contributed by atoms with Crippen molar-refractivity contribution in [2.75, 3.05) is 70.9 Å². The minimum Gasteiger partial charge on any atom is -0.395 e. The van der Waals surface area contributed by atoms with Gasteiger partial charge in [-0.2, -0.15) is 0 Å². The predicted octanol–water partition coefficient (Wildman–Crippen LogP) is 0.239. The summed E-state index contributed by atoms with van der Waals surface area (Å²) in [5.74, 6) is 0.105. The number of amides is 1. The summed E-state index contributed by atoms with van der Waals surface area (Å²) in [6, 6.07) is 10.3. The van der Waals surface area contributed by atoms with Crippen molar-refractivity contribution in [2.24, 2.45) is 0 Å². The fraction of sp³-hybridized carbons (Fsp3) is 0.611. The average molecular weight is 334 g/mol. The van der Waals surface area contributed by atoms with Gasteiger partial charge in [0.15, 0.2) is 0 Å². The van der Waals surface area contributed by atoms with E-state index in [9.17, 15) is 4.79 Å². The number of hydrogen-bond donors (Lipinski definition) is 2. The molecule has 6 heteroatoms. The van der Waals surface area contributed by atoms with Crippen molar-refractivity contribution in [3.05, 3.63) is 30.3 Å². The van der Waals surface area contributed by atoms with Gasteiger partial charge in [0.2, 0.25) is 5.91 Å². The number of carbonyl (C=O) groups is 1. The third-order valence-corrected chi connectivity index (χ3v) is 4.44. The van der Waals surface area contributed by atoms with E-state index in [1.54, 1.807) is 0 Å². The van der Waals surface area contributed by atoms with Gasteiger partial charge in [-0.1, -0.05) is 18.2 Å². The summed E-state index contributed by atoms with van der Waals surface area (Å²) in [7, 11) is 2.07. The lowest BCUT2D eigenvalue weighted by molar-refractivity contribution is -0.122. The SMILES string of the molecule is CN(CCCNC(=O)CN1CCN(CCO)CC1)c1ccccc1. The monoisotopic (exact) mass is 334 g/mol. The van der Waals surface area contributed by atoms with Crippen LogP contribution in [0.2, 0.25) is 0 Å². The molecule has 2 rings (SSSR count). The molecule has 1 aromatic rings.